The van der Waals surface area contributed by atoms with Crippen molar-refractivity contribution in [3.8, 4) is 0 Å². The van der Waals surface area contributed by atoms with Crippen molar-refractivity contribution in [3.63, 3.8) is 0 Å². The summed E-state index contributed by atoms with van der Waals surface area (Å²) in [5, 5.41) is 0.313. The Bertz CT molecular complexity index is 431. The van der Waals surface area contributed by atoms with Gasteiger partial charge in [0.25, 0.3) is 0 Å². The Morgan fingerprint density at radius 1 is 1.33 bits per heavy atom. The number of halogens is 2. The topological polar surface area (TPSA) is 15.8 Å². The number of aryl methyl sites for hydroxylation is 1. The van der Waals surface area contributed by atoms with E-state index in [1.807, 2.05) is 0 Å². The lowest BCUT2D eigenvalue weighted by molar-refractivity contribution is 0.516. The highest BCUT2D eigenvalue weighted by Crippen LogP contribution is 2.22. The molecule has 0 amide bonds. The van der Waals surface area contributed by atoms with E-state index in [-0.39, 0.29) is 0 Å². The summed E-state index contributed by atoms with van der Waals surface area (Å²) < 4.78 is 25.8. The van der Waals surface area contributed by atoms with Crippen LogP contribution in [0.5, 0.6) is 0 Å². The normalized spacial score (nSPS) is 10.9. The van der Waals surface area contributed by atoms with Gasteiger partial charge in [0.1, 0.15) is 0 Å². The van der Waals surface area contributed by atoms with E-state index in [1.54, 1.807) is 13.1 Å². The van der Waals surface area contributed by atoms with Crippen molar-refractivity contribution in [3.05, 3.63) is 35.5 Å². The Balaban J connectivity index is 2.97. The van der Waals surface area contributed by atoms with Crippen molar-refractivity contribution in [2.24, 2.45) is 0 Å². The van der Waals surface area contributed by atoms with Crippen LogP contribution in [0.4, 0.5) is 8.78 Å². The van der Waals surface area contributed by atoms with Crippen molar-refractivity contribution >= 4 is 10.9 Å². The maximum atomic E-state index is 13.0. The molecule has 12 heavy (non-hydrogen) atoms. The first kappa shape index (κ1) is 7.28. The van der Waals surface area contributed by atoms with Gasteiger partial charge in [0.15, 0.2) is 11.6 Å². The van der Waals surface area contributed by atoms with Crippen LogP contribution in [0.25, 0.3) is 10.9 Å². The maximum absolute atomic E-state index is 13.0. The van der Waals surface area contributed by atoms with Gasteiger partial charge in [0, 0.05) is 11.6 Å². The molecule has 2 aromatic rings. The first-order chi connectivity index (χ1) is 5.70. The molecule has 1 aromatic heterocycles. The largest absolute Gasteiger partial charge is 0.361 e. The summed E-state index contributed by atoms with van der Waals surface area (Å²) in [5.74, 6) is -1.57. The average molecular weight is 167 g/mol. The number of benzene rings is 1. The third-order valence-electron chi connectivity index (χ3n) is 1.93. The van der Waals surface area contributed by atoms with E-state index in [1.165, 1.54) is 12.1 Å². The molecule has 0 saturated heterocycles. The summed E-state index contributed by atoms with van der Waals surface area (Å²) in [6, 6.07) is 2.72. The second-order valence-corrected chi connectivity index (χ2v) is 2.76. The third-order valence-corrected chi connectivity index (χ3v) is 1.93. The van der Waals surface area contributed by atoms with Gasteiger partial charge >= 0.3 is 0 Å². The zero-order valence-corrected chi connectivity index (χ0v) is 6.49. The zero-order valence-electron chi connectivity index (χ0n) is 6.49. The molecule has 0 aliphatic heterocycles. The Labute approximate surface area is 68.0 Å². The van der Waals surface area contributed by atoms with Crippen molar-refractivity contribution < 1.29 is 8.78 Å². The molecule has 0 radical (unpaired) electrons. The second-order valence-electron chi connectivity index (χ2n) is 2.76. The van der Waals surface area contributed by atoms with Crippen LogP contribution >= 0.6 is 0 Å². The van der Waals surface area contributed by atoms with E-state index in [0.717, 1.165) is 0 Å². The molecular weight excluding hydrogens is 160 g/mol. The molecule has 0 saturated carbocycles. The van der Waals surface area contributed by atoms with E-state index in [0.29, 0.717) is 16.5 Å². The molecule has 0 bridgehead atoms. The third kappa shape index (κ3) is 0.826. The molecule has 0 aliphatic rings. The summed E-state index contributed by atoms with van der Waals surface area (Å²) in [7, 11) is 0. The van der Waals surface area contributed by atoms with Gasteiger partial charge in [-0.25, -0.2) is 8.78 Å². The predicted octanol–water partition coefficient (Wildman–Crippen LogP) is 2.75. The van der Waals surface area contributed by atoms with Gasteiger partial charge < -0.3 is 4.98 Å². The monoisotopic (exact) mass is 167 g/mol. The maximum Gasteiger partial charge on any atom is 0.168 e. The summed E-state index contributed by atoms with van der Waals surface area (Å²) in [5.41, 5.74) is 1.38. The standard InChI is InChI=1S/C9H7F2N/c1-5-4-7(10)8(11)6-2-3-12-9(5)6/h2-4,12H,1H3. The van der Waals surface area contributed by atoms with Gasteiger partial charge in [-0.2, -0.15) is 0 Å². The lowest BCUT2D eigenvalue weighted by atomic mass is 10.1. The number of rotatable bonds is 0. The lowest BCUT2D eigenvalue weighted by Gasteiger charge is -1.98. The molecule has 2 rings (SSSR count). The van der Waals surface area contributed by atoms with E-state index in [9.17, 15) is 8.78 Å². The molecule has 62 valence electrons. The number of H-pyrrole nitrogens is 1. The second kappa shape index (κ2) is 2.30. The Morgan fingerprint density at radius 3 is 2.83 bits per heavy atom. The number of aromatic amines is 1. The van der Waals surface area contributed by atoms with Crippen molar-refractivity contribution in [2.45, 2.75) is 6.92 Å². The van der Waals surface area contributed by atoms with Crippen LogP contribution in [-0.4, -0.2) is 4.98 Å². The molecule has 1 N–H and O–H groups in total. The molecule has 0 fully saturated rings. The van der Waals surface area contributed by atoms with E-state index >= 15 is 0 Å². The summed E-state index contributed by atoms with van der Waals surface area (Å²) in [4.78, 5) is 2.85. The lowest BCUT2D eigenvalue weighted by Crippen LogP contribution is -1.87. The van der Waals surface area contributed by atoms with Gasteiger partial charge in [-0.3, -0.25) is 0 Å². The molecule has 3 heteroatoms. The highest BCUT2D eigenvalue weighted by atomic mass is 19.2. The minimum Gasteiger partial charge on any atom is -0.361 e. The van der Waals surface area contributed by atoms with Crippen LogP contribution in [0.15, 0.2) is 18.3 Å². The molecular formula is C9H7F2N. The summed E-state index contributed by atoms with van der Waals surface area (Å²) >= 11 is 0. The van der Waals surface area contributed by atoms with Crippen molar-refractivity contribution in [1.82, 2.24) is 4.98 Å². The Kier molecular flexibility index (Phi) is 1.40. The average Bonchev–Trinajstić information content (AvgIpc) is 2.48. The van der Waals surface area contributed by atoms with Gasteiger partial charge in [0.05, 0.1) is 5.52 Å². The fraction of sp³-hybridized carbons (Fsp3) is 0.111. The molecule has 1 heterocycles. The van der Waals surface area contributed by atoms with E-state index in [4.69, 9.17) is 0 Å². The zero-order chi connectivity index (χ0) is 8.72. The highest BCUT2D eigenvalue weighted by Gasteiger charge is 2.09. The van der Waals surface area contributed by atoms with Crippen LogP contribution in [-0.2, 0) is 0 Å². The minimum absolute atomic E-state index is 0.313. The van der Waals surface area contributed by atoms with E-state index < -0.39 is 11.6 Å². The number of fused-ring (bicyclic) bond motifs is 1. The molecule has 0 spiro atoms. The van der Waals surface area contributed by atoms with Crippen LogP contribution in [0.1, 0.15) is 5.56 Å². The van der Waals surface area contributed by atoms with Gasteiger partial charge in [0.2, 0.25) is 0 Å². The van der Waals surface area contributed by atoms with Crippen LogP contribution in [0.2, 0.25) is 0 Å². The molecule has 0 unspecified atom stereocenters. The molecule has 1 nitrogen and oxygen atoms in total. The summed E-state index contributed by atoms with van der Waals surface area (Å²) in [6.07, 6.45) is 1.60. The first-order valence-corrected chi connectivity index (χ1v) is 3.62. The number of nitrogens with one attached hydrogen (secondary N) is 1. The number of aromatic nitrogens is 1. The van der Waals surface area contributed by atoms with Crippen LogP contribution < -0.4 is 0 Å². The van der Waals surface area contributed by atoms with Crippen LogP contribution in [0, 0.1) is 18.6 Å². The van der Waals surface area contributed by atoms with Gasteiger partial charge in [-0.15, -0.1) is 0 Å². The Hall–Kier alpha value is -1.38. The van der Waals surface area contributed by atoms with Gasteiger partial charge in [-0.1, -0.05) is 0 Å². The van der Waals surface area contributed by atoms with E-state index in [2.05, 4.69) is 4.98 Å². The molecule has 1 aromatic carbocycles. The predicted molar refractivity (Wildman–Crippen MR) is 43.0 cm³/mol. The van der Waals surface area contributed by atoms with Gasteiger partial charge in [-0.05, 0) is 24.6 Å². The smallest absolute Gasteiger partial charge is 0.168 e. The fourth-order valence-electron chi connectivity index (χ4n) is 1.33. The Morgan fingerprint density at radius 2 is 2.08 bits per heavy atom. The van der Waals surface area contributed by atoms with Crippen LogP contribution in [0.3, 0.4) is 0 Å². The molecule has 0 atom stereocenters. The first-order valence-electron chi connectivity index (χ1n) is 3.62. The quantitative estimate of drug-likeness (QED) is 0.621. The SMILES string of the molecule is Cc1cc(F)c(F)c2cc[nH]c12. The van der Waals surface area contributed by atoms with Crippen molar-refractivity contribution in [2.75, 3.05) is 0 Å². The number of hydrogen-bond acceptors (Lipinski definition) is 0. The van der Waals surface area contributed by atoms with Crippen molar-refractivity contribution in [1.29, 1.82) is 0 Å². The minimum atomic E-state index is -0.792. The number of hydrogen-bond donors (Lipinski definition) is 1. The highest BCUT2D eigenvalue weighted by molar-refractivity contribution is 5.83. The molecule has 0 aliphatic carbocycles. The fourth-order valence-corrected chi connectivity index (χ4v) is 1.33. The summed E-state index contributed by atoms with van der Waals surface area (Å²) in [6.45, 7) is 1.74.